The highest BCUT2D eigenvalue weighted by atomic mass is 16.5. The van der Waals surface area contributed by atoms with Crippen molar-refractivity contribution < 1.29 is 14.6 Å². The van der Waals surface area contributed by atoms with Gasteiger partial charge < -0.3 is 9.84 Å². The number of likely N-dealkylation sites (tertiary alicyclic amines) is 1. The van der Waals surface area contributed by atoms with Gasteiger partial charge in [0.1, 0.15) is 11.8 Å². The molecule has 2 unspecified atom stereocenters. The third-order valence-electron chi connectivity index (χ3n) is 4.38. The average Bonchev–Trinajstić information content (AvgIpc) is 3.05. The molecule has 2 heterocycles. The van der Waals surface area contributed by atoms with Gasteiger partial charge in [-0.2, -0.15) is 0 Å². The summed E-state index contributed by atoms with van der Waals surface area (Å²) in [6.07, 6.45) is 4.57. The smallest absolute Gasteiger partial charge is 0.325 e. The van der Waals surface area contributed by atoms with Crippen molar-refractivity contribution in [2.75, 3.05) is 20.2 Å². The fourth-order valence-corrected chi connectivity index (χ4v) is 3.23. The molecule has 0 aliphatic carbocycles. The Morgan fingerprint density at radius 2 is 2.26 bits per heavy atom. The minimum absolute atomic E-state index is 0.330. The Kier molecular flexibility index (Phi) is 4.57. The van der Waals surface area contributed by atoms with E-state index >= 15 is 0 Å². The third-order valence-corrected chi connectivity index (χ3v) is 4.38. The van der Waals surface area contributed by atoms with E-state index in [-0.39, 0.29) is 0 Å². The van der Waals surface area contributed by atoms with Crippen LogP contribution in [0.1, 0.15) is 29.5 Å². The molecular formula is C18H20N2O3. The molecule has 1 aliphatic heterocycles. The van der Waals surface area contributed by atoms with Gasteiger partial charge in [-0.3, -0.25) is 14.7 Å². The van der Waals surface area contributed by atoms with Gasteiger partial charge in [-0.05, 0) is 48.2 Å². The van der Waals surface area contributed by atoms with Crippen LogP contribution in [0.25, 0.3) is 0 Å². The predicted molar refractivity (Wildman–Crippen MR) is 86.5 cm³/mol. The summed E-state index contributed by atoms with van der Waals surface area (Å²) in [5, 5.41) is 9.71. The van der Waals surface area contributed by atoms with Gasteiger partial charge in [-0.1, -0.05) is 18.2 Å². The van der Waals surface area contributed by atoms with E-state index in [2.05, 4.69) is 11.1 Å². The number of benzene rings is 1. The fraction of sp³-hybridized carbons (Fsp3) is 0.333. The van der Waals surface area contributed by atoms with Crippen LogP contribution < -0.4 is 4.74 Å². The summed E-state index contributed by atoms with van der Waals surface area (Å²) in [6, 6.07) is 10.6. The van der Waals surface area contributed by atoms with E-state index in [0.717, 1.165) is 25.1 Å². The van der Waals surface area contributed by atoms with Crippen LogP contribution in [-0.4, -0.2) is 41.2 Å². The number of carboxylic acids is 1. The molecule has 0 amide bonds. The molecule has 2 aromatic rings. The molecule has 0 bridgehead atoms. The van der Waals surface area contributed by atoms with Crippen molar-refractivity contribution in [3.63, 3.8) is 0 Å². The highest BCUT2D eigenvalue weighted by Gasteiger charge is 2.34. The highest BCUT2D eigenvalue weighted by molar-refractivity contribution is 5.75. The monoisotopic (exact) mass is 312 g/mol. The Morgan fingerprint density at radius 1 is 1.39 bits per heavy atom. The minimum atomic E-state index is -0.829. The molecule has 0 saturated carbocycles. The predicted octanol–water partition coefficient (Wildman–Crippen LogP) is 2.71. The molecule has 0 radical (unpaired) electrons. The molecule has 5 heteroatoms. The maximum Gasteiger partial charge on any atom is 0.325 e. The SMILES string of the molecule is COc1cccc(C(C(=O)O)N2CCC(c3cccnc3)C2)c1. The fourth-order valence-electron chi connectivity index (χ4n) is 3.23. The molecule has 3 rings (SSSR count). The van der Waals surface area contributed by atoms with Crippen LogP contribution in [0, 0.1) is 0 Å². The third kappa shape index (κ3) is 3.35. The van der Waals surface area contributed by atoms with Crippen LogP contribution in [0.4, 0.5) is 0 Å². The first kappa shape index (κ1) is 15.5. The van der Waals surface area contributed by atoms with Gasteiger partial charge in [0.25, 0.3) is 0 Å². The molecule has 0 spiro atoms. The maximum atomic E-state index is 11.8. The number of aromatic nitrogens is 1. The lowest BCUT2D eigenvalue weighted by molar-refractivity contribution is -0.143. The lowest BCUT2D eigenvalue weighted by atomic mass is 10.0. The lowest BCUT2D eigenvalue weighted by Gasteiger charge is -2.25. The molecule has 23 heavy (non-hydrogen) atoms. The maximum absolute atomic E-state index is 11.8. The lowest BCUT2D eigenvalue weighted by Crippen LogP contribution is -2.32. The van der Waals surface area contributed by atoms with Crippen molar-refractivity contribution in [2.24, 2.45) is 0 Å². The van der Waals surface area contributed by atoms with Crippen molar-refractivity contribution in [1.82, 2.24) is 9.88 Å². The van der Waals surface area contributed by atoms with E-state index in [1.807, 2.05) is 35.4 Å². The zero-order valence-electron chi connectivity index (χ0n) is 13.1. The zero-order chi connectivity index (χ0) is 16.2. The second-order valence-corrected chi connectivity index (χ2v) is 5.78. The van der Waals surface area contributed by atoms with Gasteiger partial charge in [0.15, 0.2) is 0 Å². The summed E-state index contributed by atoms with van der Waals surface area (Å²) in [7, 11) is 1.59. The molecule has 1 N–H and O–H groups in total. The molecule has 1 saturated heterocycles. The standard InChI is InChI=1S/C18H20N2O3/c1-23-16-6-2-4-13(10-16)17(18(21)22)20-9-7-15(12-20)14-5-3-8-19-11-14/h2-6,8,10-11,15,17H,7,9,12H2,1H3,(H,21,22). The second kappa shape index (κ2) is 6.79. The van der Waals surface area contributed by atoms with E-state index in [1.54, 1.807) is 19.4 Å². The largest absolute Gasteiger partial charge is 0.497 e. The van der Waals surface area contributed by atoms with Crippen molar-refractivity contribution in [1.29, 1.82) is 0 Å². The van der Waals surface area contributed by atoms with Crippen LogP contribution in [0.15, 0.2) is 48.8 Å². The summed E-state index contributed by atoms with van der Waals surface area (Å²) in [5.74, 6) is 0.179. The topological polar surface area (TPSA) is 62.7 Å². The summed E-state index contributed by atoms with van der Waals surface area (Å²) in [5.41, 5.74) is 1.92. The van der Waals surface area contributed by atoms with Gasteiger partial charge in [-0.25, -0.2) is 0 Å². The second-order valence-electron chi connectivity index (χ2n) is 5.78. The van der Waals surface area contributed by atoms with Crippen LogP contribution in [0.3, 0.4) is 0 Å². The Bertz CT molecular complexity index is 675. The summed E-state index contributed by atoms with van der Waals surface area (Å²) in [6.45, 7) is 1.48. The number of rotatable bonds is 5. The first-order valence-corrected chi connectivity index (χ1v) is 7.70. The molecule has 1 aromatic heterocycles. The van der Waals surface area contributed by atoms with E-state index < -0.39 is 12.0 Å². The van der Waals surface area contributed by atoms with E-state index in [0.29, 0.717) is 11.7 Å². The number of hydrogen-bond donors (Lipinski definition) is 1. The quantitative estimate of drug-likeness (QED) is 0.919. The van der Waals surface area contributed by atoms with Crippen molar-refractivity contribution in [3.05, 3.63) is 59.9 Å². The molecular weight excluding hydrogens is 292 g/mol. The van der Waals surface area contributed by atoms with E-state index in [4.69, 9.17) is 4.74 Å². The number of nitrogens with zero attached hydrogens (tertiary/aromatic N) is 2. The van der Waals surface area contributed by atoms with Crippen LogP contribution in [0.2, 0.25) is 0 Å². The minimum Gasteiger partial charge on any atom is -0.497 e. The van der Waals surface area contributed by atoms with E-state index in [1.165, 1.54) is 5.56 Å². The van der Waals surface area contributed by atoms with Gasteiger partial charge >= 0.3 is 5.97 Å². The van der Waals surface area contributed by atoms with Crippen LogP contribution in [0.5, 0.6) is 5.75 Å². The van der Waals surface area contributed by atoms with E-state index in [9.17, 15) is 9.90 Å². The first-order valence-electron chi connectivity index (χ1n) is 7.70. The molecule has 5 nitrogen and oxygen atoms in total. The van der Waals surface area contributed by atoms with Gasteiger partial charge in [0.05, 0.1) is 7.11 Å². The Morgan fingerprint density at radius 3 is 2.96 bits per heavy atom. The molecule has 1 fully saturated rings. The molecule has 1 aromatic carbocycles. The van der Waals surface area contributed by atoms with Gasteiger partial charge in [-0.15, -0.1) is 0 Å². The van der Waals surface area contributed by atoms with Crippen molar-refractivity contribution in [2.45, 2.75) is 18.4 Å². The highest BCUT2D eigenvalue weighted by Crippen LogP contribution is 2.33. The summed E-state index contributed by atoms with van der Waals surface area (Å²) >= 11 is 0. The zero-order valence-corrected chi connectivity index (χ0v) is 13.1. The van der Waals surface area contributed by atoms with Crippen molar-refractivity contribution in [3.8, 4) is 5.75 Å². The number of ether oxygens (including phenoxy) is 1. The number of methoxy groups -OCH3 is 1. The van der Waals surface area contributed by atoms with Crippen molar-refractivity contribution >= 4 is 5.97 Å². The number of hydrogen-bond acceptors (Lipinski definition) is 4. The number of aliphatic carboxylic acids is 1. The molecule has 2 atom stereocenters. The number of carboxylic acid groups (broad SMARTS) is 1. The Balaban J connectivity index is 1.81. The molecule has 1 aliphatic rings. The number of pyridine rings is 1. The Labute approximate surface area is 135 Å². The normalized spacial score (nSPS) is 19.4. The Hall–Kier alpha value is -2.40. The van der Waals surface area contributed by atoms with Crippen LogP contribution >= 0.6 is 0 Å². The summed E-state index contributed by atoms with van der Waals surface area (Å²) in [4.78, 5) is 18.0. The van der Waals surface area contributed by atoms with Gasteiger partial charge in [0, 0.05) is 18.9 Å². The summed E-state index contributed by atoms with van der Waals surface area (Å²) < 4.78 is 5.22. The first-order chi connectivity index (χ1) is 11.2. The average molecular weight is 312 g/mol. The number of carbonyl (C=O) groups is 1. The van der Waals surface area contributed by atoms with Crippen LogP contribution in [-0.2, 0) is 4.79 Å². The van der Waals surface area contributed by atoms with Gasteiger partial charge in [0.2, 0.25) is 0 Å². The molecule has 120 valence electrons.